The summed E-state index contributed by atoms with van der Waals surface area (Å²) >= 11 is 0. The molecule has 1 heterocycles. The van der Waals surface area contributed by atoms with E-state index >= 15 is 0 Å². The molecule has 2 atom stereocenters. The number of hydrogen-bond donors (Lipinski definition) is 1. The summed E-state index contributed by atoms with van der Waals surface area (Å²) in [4.78, 5) is 13.6. The standard InChI is InChI=1S/C15H22N2O/c1-3-17-10-14(13-7-5-4-6-8-13)9-15(11-17)16-12(2)18/h4-8,14-15H,3,9-11H2,1-2H3,(H,16,18). The van der Waals surface area contributed by atoms with Gasteiger partial charge < -0.3 is 10.2 Å². The van der Waals surface area contributed by atoms with E-state index in [0.717, 1.165) is 26.1 Å². The van der Waals surface area contributed by atoms with Crippen molar-refractivity contribution >= 4 is 5.91 Å². The first kappa shape index (κ1) is 13.1. The lowest BCUT2D eigenvalue weighted by Crippen LogP contribution is -2.49. The van der Waals surface area contributed by atoms with E-state index in [1.165, 1.54) is 5.56 Å². The molecule has 0 radical (unpaired) electrons. The lowest BCUT2D eigenvalue weighted by Gasteiger charge is -2.37. The maximum Gasteiger partial charge on any atom is 0.217 e. The van der Waals surface area contributed by atoms with Gasteiger partial charge in [0.1, 0.15) is 0 Å². The number of nitrogens with zero attached hydrogens (tertiary/aromatic N) is 1. The fourth-order valence-corrected chi connectivity index (χ4v) is 2.81. The Morgan fingerprint density at radius 3 is 2.67 bits per heavy atom. The van der Waals surface area contributed by atoms with Gasteiger partial charge in [-0.15, -0.1) is 0 Å². The molecule has 1 aliphatic rings. The molecule has 0 aliphatic carbocycles. The van der Waals surface area contributed by atoms with Crippen LogP contribution >= 0.6 is 0 Å². The van der Waals surface area contributed by atoms with E-state index in [1.54, 1.807) is 6.92 Å². The highest BCUT2D eigenvalue weighted by Crippen LogP contribution is 2.26. The van der Waals surface area contributed by atoms with E-state index < -0.39 is 0 Å². The Bertz CT molecular complexity index is 391. The zero-order valence-corrected chi connectivity index (χ0v) is 11.2. The van der Waals surface area contributed by atoms with Gasteiger partial charge in [0.15, 0.2) is 0 Å². The van der Waals surface area contributed by atoms with Crippen molar-refractivity contribution in [2.45, 2.75) is 32.2 Å². The van der Waals surface area contributed by atoms with Crippen LogP contribution in [0.1, 0.15) is 31.7 Å². The van der Waals surface area contributed by atoms with E-state index in [9.17, 15) is 4.79 Å². The topological polar surface area (TPSA) is 32.3 Å². The normalized spacial score (nSPS) is 24.8. The largest absolute Gasteiger partial charge is 0.352 e. The van der Waals surface area contributed by atoms with Gasteiger partial charge in [-0.3, -0.25) is 4.79 Å². The summed E-state index contributed by atoms with van der Waals surface area (Å²) in [7, 11) is 0. The SMILES string of the molecule is CCN1CC(NC(C)=O)CC(c2ccccc2)C1. The van der Waals surface area contributed by atoms with Gasteiger partial charge in [0.25, 0.3) is 0 Å². The maximum absolute atomic E-state index is 11.2. The number of amides is 1. The van der Waals surface area contributed by atoms with Gasteiger partial charge in [0.2, 0.25) is 5.91 Å². The number of likely N-dealkylation sites (N-methyl/N-ethyl adjacent to an activating group) is 1. The second-order valence-electron chi connectivity index (χ2n) is 5.09. The summed E-state index contributed by atoms with van der Waals surface area (Å²) in [6, 6.07) is 10.9. The Morgan fingerprint density at radius 2 is 2.06 bits per heavy atom. The van der Waals surface area contributed by atoms with Crippen LogP contribution in [0.3, 0.4) is 0 Å². The highest BCUT2D eigenvalue weighted by molar-refractivity contribution is 5.73. The molecule has 1 saturated heterocycles. The van der Waals surface area contributed by atoms with Crippen LogP contribution in [0, 0.1) is 0 Å². The van der Waals surface area contributed by atoms with Crippen LogP contribution in [0.25, 0.3) is 0 Å². The van der Waals surface area contributed by atoms with E-state index in [2.05, 4.69) is 47.5 Å². The minimum absolute atomic E-state index is 0.0739. The van der Waals surface area contributed by atoms with E-state index in [0.29, 0.717) is 5.92 Å². The number of piperidine rings is 1. The van der Waals surface area contributed by atoms with Gasteiger partial charge in [-0.25, -0.2) is 0 Å². The van der Waals surface area contributed by atoms with Crippen molar-refractivity contribution in [1.82, 2.24) is 10.2 Å². The first-order valence-corrected chi connectivity index (χ1v) is 6.73. The second kappa shape index (κ2) is 6.01. The van der Waals surface area contributed by atoms with Gasteiger partial charge in [-0.2, -0.15) is 0 Å². The van der Waals surface area contributed by atoms with E-state index in [4.69, 9.17) is 0 Å². The predicted molar refractivity (Wildman–Crippen MR) is 73.5 cm³/mol. The second-order valence-corrected chi connectivity index (χ2v) is 5.09. The zero-order valence-electron chi connectivity index (χ0n) is 11.2. The molecule has 98 valence electrons. The van der Waals surface area contributed by atoms with Gasteiger partial charge in [-0.05, 0) is 24.4 Å². The Kier molecular flexibility index (Phi) is 4.37. The summed E-state index contributed by atoms with van der Waals surface area (Å²) in [6.45, 7) is 6.88. The fourth-order valence-electron chi connectivity index (χ4n) is 2.81. The van der Waals surface area contributed by atoms with Crippen LogP contribution < -0.4 is 5.32 Å². The van der Waals surface area contributed by atoms with Gasteiger partial charge in [0, 0.05) is 26.1 Å². The molecule has 0 bridgehead atoms. The summed E-state index contributed by atoms with van der Waals surface area (Å²) < 4.78 is 0. The third-order valence-electron chi connectivity index (χ3n) is 3.65. The van der Waals surface area contributed by atoms with Crippen molar-refractivity contribution in [3.05, 3.63) is 35.9 Å². The maximum atomic E-state index is 11.2. The minimum Gasteiger partial charge on any atom is -0.352 e. The molecule has 18 heavy (non-hydrogen) atoms. The van der Waals surface area contributed by atoms with Crippen LogP contribution in [0.4, 0.5) is 0 Å². The number of carbonyl (C=O) groups is 1. The smallest absolute Gasteiger partial charge is 0.217 e. The molecule has 2 rings (SSSR count). The number of nitrogens with one attached hydrogen (secondary N) is 1. The molecule has 1 fully saturated rings. The third-order valence-corrected chi connectivity index (χ3v) is 3.65. The van der Waals surface area contributed by atoms with Crippen molar-refractivity contribution in [1.29, 1.82) is 0 Å². The van der Waals surface area contributed by atoms with E-state index in [1.807, 2.05) is 0 Å². The third kappa shape index (κ3) is 3.33. The Hall–Kier alpha value is -1.35. The molecule has 1 aromatic rings. The van der Waals surface area contributed by atoms with Crippen LogP contribution in [0.2, 0.25) is 0 Å². The summed E-state index contributed by atoms with van der Waals surface area (Å²) in [5.41, 5.74) is 1.38. The van der Waals surface area contributed by atoms with Crippen LogP contribution in [-0.2, 0) is 4.79 Å². The summed E-state index contributed by atoms with van der Waals surface area (Å²) in [5, 5.41) is 3.07. The monoisotopic (exact) mass is 246 g/mol. The molecule has 3 heteroatoms. The Balaban J connectivity index is 2.08. The predicted octanol–water partition coefficient (Wildman–Crippen LogP) is 2.00. The molecule has 0 aromatic heterocycles. The molecular formula is C15H22N2O. The Labute approximate surface area is 109 Å². The average molecular weight is 246 g/mol. The molecule has 1 aliphatic heterocycles. The van der Waals surface area contributed by atoms with Crippen molar-refractivity contribution in [3.8, 4) is 0 Å². The molecule has 3 nitrogen and oxygen atoms in total. The first-order valence-electron chi connectivity index (χ1n) is 6.73. The molecule has 2 unspecified atom stereocenters. The fraction of sp³-hybridized carbons (Fsp3) is 0.533. The average Bonchev–Trinajstić information content (AvgIpc) is 2.38. The summed E-state index contributed by atoms with van der Waals surface area (Å²) in [5.74, 6) is 0.599. The number of carbonyl (C=O) groups excluding carboxylic acids is 1. The van der Waals surface area contributed by atoms with E-state index in [-0.39, 0.29) is 11.9 Å². The Morgan fingerprint density at radius 1 is 1.33 bits per heavy atom. The quantitative estimate of drug-likeness (QED) is 0.884. The van der Waals surface area contributed by atoms with Crippen LogP contribution in [-0.4, -0.2) is 36.5 Å². The van der Waals surface area contributed by atoms with Gasteiger partial charge in [0.05, 0.1) is 0 Å². The lowest BCUT2D eigenvalue weighted by molar-refractivity contribution is -0.120. The highest BCUT2D eigenvalue weighted by atomic mass is 16.1. The van der Waals surface area contributed by atoms with Crippen molar-refractivity contribution < 1.29 is 4.79 Å². The zero-order chi connectivity index (χ0) is 13.0. The first-order chi connectivity index (χ1) is 8.69. The molecule has 1 aromatic carbocycles. The van der Waals surface area contributed by atoms with Crippen LogP contribution in [0.5, 0.6) is 0 Å². The molecule has 0 saturated carbocycles. The van der Waals surface area contributed by atoms with Gasteiger partial charge in [-0.1, -0.05) is 37.3 Å². The highest BCUT2D eigenvalue weighted by Gasteiger charge is 2.27. The van der Waals surface area contributed by atoms with Crippen molar-refractivity contribution in [3.63, 3.8) is 0 Å². The molecule has 0 spiro atoms. The van der Waals surface area contributed by atoms with Crippen LogP contribution in [0.15, 0.2) is 30.3 Å². The summed E-state index contributed by atoms with van der Waals surface area (Å²) in [6.07, 6.45) is 1.04. The number of rotatable bonds is 3. The number of benzene rings is 1. The number of hydrogen-bond acceptors (Lipinski definition) is 2. The van der Waals surface area contributed by atoms with Crippen molar-refractivity contribution in [2.24, 2.45) is 0 Å². The number of likely N-dealkylation sites (tertiary alicyclic amines) is 1. The minimum atomic E-state index is 0.0739. The molecular weight excluding hydrogens is 224 g/mol. The van der Waals surface area contributed by atoms with Gasteiger partial charge >= 0.3 is 0 Å². The van der Waals surface area contributed by atoms with Crippen molar-refractivity contribution in [2.75, 3.05) is 19.6 Å². The molecule has 1 N–H and O–H groups in total. The molecule has 1 amide bonds. The lowest BCUT2D eigenvalue weighted by atomic mass is 9.88.